The van der Waals surface area contributed by atoms with Crippen LogP contribution in [0, 0.1) is 11.3 Å². The van der Waals surface area contributed by atoms with Gasteiger partial charge < -0.3 is 4.74 Å². The third kappa shape index (κ3) is 2.56. The minimum absolute atomic E-state index is 0.232. The van der Waals surface area contributed by atoms with Gasteiger partial charge in [-0.1, -0.05) is 20.8 Å². The second kappa shape index (κ2) is 3.23. The topological polar surface area (TPSA) is 26.3 Å². The fourth-order valence-corrected chi connectivity index (χ4v) is 2.53. The van der Waals surface area contributed by atoms with Gasteiger partial charge in [-0.25, -0.2) is 0 Å². The number of hydrogen-bond donors (Lipinski definition) is 0. The van der Waals surface area contributed by atoms with E-state index < -0.39 is 10.8 Å². The first-order valence-electron chi connectivity index (χ1n) is 3.93. The van der Waals surface area contributed by atoms with Crippen molar-refractivity contribution >= 4 is 10.8 Å². The Kier molecular flexibility index (Phi) is 2.70. The van der Waals surface area contributed by atoms with E-state index >= 15 is 0 Å². The quantitative estimate of drug-likeness (QED) is 0.557. The van der Waals surface area contributed by atoms with Crippen LogP contribution in [0.15, 0.2) is 0 Å². The van der Waals surface area contributed by atoms with Gasteiger partial charge in [0.2, 0.25) is 0 Å². The van der Waals surface area contributed by atoms with Gasteiger partial charge in [-0.05, 0) is 11.3 Å². The van der Waals surface area contributed by atoms with Crippen molar-refractivity contribution in [2.45, 2.75) is 20.8 Å². The van der Waals surface area contributed by atoms with Crippen molar-refractivity contribution in [3.63, 3.8) is 0 Å². The summed E-state index contributed by atoms with van der Waals surface area (Å²) < 4.78 is 16.3. The van der Waals surface area contributed by atoms with Crippen LogP contribution in [0.4, 0.5) is 0 Å². The largest absolute Gasteiger partial charge is 0.368 e. The van der Waals surface area contributed by atoms with E-state index in [0.717, 1.165) is 12.4 Å². The van der Waals surface area contributed by atoms with Gasteiger partial charge in [0.1, 0.15) is 5.94 Å². The maximum atomic E-state index is 11.1. The second-order valence-electron chi connectivity index (χ2n) is 4.16. The van der Waals surface area contributed by atoms with Crippen LogP contribution in [0.25, 0.3) is 0 Å². The van der Waals surface area contributed by atoms with Crippen molar-refractivity contribution in [3.8, 4) is 0 Å². The summed E-state index contributed by atoms with van der Waals surface area (Å²) in [6.07, 6.45) is 0. The first-order chi connectivity index (χ1) is 5.00. The molecule has 3 heteroatoms. The molecular weight excluding hydrogens is 160 g/mol. The highest BCUT2D eigenvalue weighted by Gasteiger charge is 2.29. The molecule has 1 heterocycles. The van der Waals surface area contributed by atoms with Gasteiger partial charge >= 0.3 is 0 Å². The molecule has 11 heavy (non-hydrogen) atoms. The van der Waals surface area contributed by atoms with Crippen LogP contribution in [0.1, 0.15) is 20.8 Å². The molecule has 2 unspecified atom stereocenters. The summed E-state index contributed by atoms with van der Waals surface area (Å²) in [4.78, 5) is 0. The zero-order valence-electron chi connectivity index (χ0n) is 7.42. The van der Waals surface area contributed by atoms with Crippen LogP contribution >= 0.6 is 0 Å². The average Bonchev–Trinajstić information content (AvgIpc) is 1.86. The Balaban J connectivity index is 2.53. The molecule has 0 amide bonds. The SMILES string of the molecule is CC(C)(C)C1COCS(=O)C1. The molecule has 0 radical (unpaired) electrons. The van der Waals surface area contributed by atoms with Crippen LogP contribution in [-0.2, 0) is 15.5 Å². The summed E-state index contributed by atoms with van der Waals surface area (Å²) in [5.41, 5.74) is 0.232. The molecule has 1 fully saturated rings. The normalized spacial score (nSPS) is 33.7. The molecule has 1 aliphatic rings. The van der Waals surface area contributed by atoms with E-state index in [0.29, 0.717) is 11.9 Å². The summed E-state index contributed by atoms with van der Waals surface area (Å²) in [6, 6.07) is 0. The van der Waals surface area contributed by atoms with Crippen LogP contribution in [0.3, 0.4) is 0 Å². The Morgan fingerprint density at radius 3 is 2.45 bits per heavy atom. The molecule has 0 bridgehead atoms. The van der Waals surface area contributed by atoms with E-state index in [9.17, 15) is 4.21 Å². The minimum atomic E-state index is -0.739. The molecule has 0 spiro atoms. The number of hydrogen-bond acceptors (Lipinski definition) is 2. The standard InChI is InChI=1S/C8H16O2S/c1-8(2,3)7-4-10-6-11(9)5-7/h7H,4-6H2,1-3H3. The first kappa shape index (κ1) is 9.20. The molecule has 0 aromatic rings. The highest BCUT2D eigenvalue weighted by atomic mass is 32.2. The molecule has 1 rings (SSSR count). The van der Waals surface area contributed by atoms with E-state index in [1.54, 1.807) is 0 Å². The average molecular weight is 176 g/mol. The Morgan fingerprint density at radius 2 is 2.09 bits per heavy atom. The third-order valence-corrected chi connectivity index (χ3v) is 3.35. The van der Waals surface area contributed by atoms with Crippen LogP contribution < -0.4 is 0 Å². The zero-order chi connectivity index (χ0) is 8.48. The maximum Gasteiger partial charge on any atom is 0.122 e. The lowest BCUT2D eigenvalue weighted by Crippen LogP contribution is -2.35. The summed E-state index contributed by atoms with van der Waals surface area (Å²) in [5.74, 6) is 1.70. The van der Waals surface area contributed by atoms with Crippen LogP contribution in [0.5, 0.6) is 0 Å². The molecule has 0 N–H and O–H groups in total. The second-order valence-corrected chi connectivity index (χ2v) is 5.61. The molecular formula is C8H16O2S. The monoisotopic (exact) mass is 176 g/mol. The summed E-state index contributed by atoms with van der Waals surface area (Å²) >= 11 is 0. The molecule has 66 valence electrons. The van der Waals surface area contributed by atoms with Gasteiger partial charge in [-0.3, -0.25) is 4.21 Å². The maximum absolute atomic E-state index is 11.1. The Bertz CT molecular complexity index is 160. The van der Waals surface area contributed by atoms with Crippen molar-refractivity contribution in [3.05, 3.63) is 0 Å². The van der Waals surface area contributed by atoms with Crippen LogP contribution in [0.2, 0.25) is 0 Å². The smallest absolute Gasteiger partial charge is 0.122 e. The lowest BCUT2D eigenvalue weighted by molar-refractivity contribution is 0.0813. The van der Waals surface area contributed by atoms with E-state index in [-0.39, 0.29) is 5.41 Å². The van der Waals surface area contributed by atoms with Gasteiger partial charge in [0.05, 0.1) is 6.61 Å². The Morgan fingerprint density at radius 1 is 1.45 bits per heavy atom. The number of ether oxygens (including phenoxy) is 1. The highest BCUT2D eigenvalue weighted by molar-refractivity contribution is 7.84. The van der Waals surface area contributed by atoms with Crippen molar-refractivity contribution in [2.24, 2.45) is 11.3 Å². The van der Waals surface area contributed by atoms with Gasteiger partial charge in [0.15, 0.2) is 0 Å². The Labute approximate surface area is 70.8 Å². The van der Waals surface area contributed by atoms with Crippen molar-refractivity contribution in [1.29, 1.82) is 0 Å². The van der Waals surface area contributed by atoms with Gasteiger partial charge in [0, 0.05) is 16.6 Å². The summed E-state index contributed by atoms with van der Waals surface area (Å²) in [6.45, 7) is 7.28. The Hall–Kier alpha value is 0.110. The molecule has 0 aromatic carbocycles. The molecule has 0 aromatic heterocycles. The van der Waals surface area contributed by atoms with Gasteiger partial charge in [-0.15, -0.1) is 0 Å². The van der Waals surface area contributed by atoms with Crippen molar-refractivity contribution in [1.82, 2.24) is 0 Å². The highest BCUT2D eigenvalue weighted by Crippen LogP contribution is 2.28. The molecule has 1 aliphatic heterocycles. The van der Waals surface area contributed by atoms with Crippen molar-refractivity contribution in [2.75, 3.05) is 18.3 Å². The predicted octanol–water partition coefficient (Wildman–Crippen LogP) is 1.39. The lowest BCUT2D eigenvalue weighted by atomic mass is 9.82. The van der Waals surface area contributed by atoms with Crippen LogP contribution in [-0.4, -0.2) is 22.5 Å². The van der Waals surface area contributed by atoms with E-state index in [1.807, 2.05) is 0 Å². The van der Waals surface area contributed by atoms with E-state index in [1.165, 1.54) is 0 Å². The number of rotatable bonds is 0. The van der Waals surface area contributed by atoms with E-state index in [2.05, 4.69) is 20.8 Å². The molecule has 0 saturated carbocycles. The molecule has 0 aliphatic carbocycles. The first-order valence-corrected chi connectivity index (χ1v) is 5.41. The lowest BCUT2D eigenvalue weighted by Gasteiger charge is -2.32. The van der Waals surface area contributed by atoms with Gasteiger partial charge in [0.25, 0.3) is 0 Å². The summed E-state index contributed by atoms with van der Waals surface area (Å²) in [5, 5.41) is 0. The molecule has 2 atom stereocenters. The molecule has 1 saturated heterocycles. The third-order valence-electron chi connectivity index (χ3n) is 2.15. The molecule has 2 nitrogen and oxygen atoms in total. The minimum Gasteiger partial charge on any atom is -0.368 e. The summed E-state index contributed by atoms with van der Waals surface area (Å²) in [7, 11) is -0.739. The van der Waals surface area contributed by atoms with Crippen molar-refractivity contribution < 1.29 is 8.95 Å². The fourth-order valence-electron chi connectivity index (χ4n) is 1.10. The zero-order valence-corrected chi connectivity index (χ0v) is 8.24. The fraction of sp³-hybridized carbons (Fsp3) is 1.00. The van der Waals surface area contributed by atoms with Gasteiger partial charge in [-0.2, -0.15) is 0 Å². The van der Waals surface area contributed by atoms with E-state index in [4.69, 9.17) is 4.74 Å². The predicted molar refractivity (Wildman–Crippen MR) is 46.8 cm³/mol.